The molecule has 1 aromatic heterocycles. The van der Waals surface area contributed by atoms with Gasteiger partial charge in [-0.15, -0.1) is 0 Å². The second-order valence-corrected chi connectivity index (χ2v) is 5.92. The van der Waals surface area contributed by atoms with Gasteiger partial charge < -0.3 is 15.4 Å². The van der Waals surface area contributed by atoms with E-state index in [1.54, 1.807) is 31.5 Å². The number of rotatable bonds is 5. The number of nitrogens with one attached hydrogen (secondary N) is 2. The zero-order valence-electron chi connectivity index (χ0n) is 14.9. The molecule has 6 nitrogen and oxygen atoms in total. The van der Waals surface area contributed by atoms with Gasteiger partial charge in [0.2, 0.25) is 5.95 Å². The number of benzene rings is 2. The van der Waals surface area contributed by atoms with Crippen LogP contribution in [-0.4, -0.2) is 23.0 Å². The van der Waals surface area contributed by atoms with Gasteiger partial charge >= 0.3 is 0 Å². The van der Waals surface area contributed by atoms with Gasteiger partial charge in [-0.25, -0.2) is 9.97 Å². The summed E-state index contributed by atoms with van der Waals surface area (Å²) in [7, 11) is 1.56. The Bertz CT molecular complexity index is 920. The van der Waals surface area contributed by atoms with Crippen molar-refractivity contribution in [3.63, 3.8) is 0 Å². The van der Waals surface area contributed by atoms with Gasteiger partial charge in [-0.1, -0.05) is 18.2 Å². The van der Waals surface area contributed by atoms with Gasteiger partial charge in [-0.05, 0) is 55.3 Å². The number of anilines is 3. The van der Waals surface area contributed by atoms with E-state index in [0.29, 0.717) is 17.4 Å². The molecule has 3 rings (SSSR count). The van der Waals surface area contributed by atoms with E-state index in [-0.39, 0.29) is 11.6 Å². The van der Waals surface area contributed by atoms with Crippen molar-refractivity contribution in [3.05, 3.63) is 71.5 Å². The number of carbonyl (C=O) groups is 1. The van der Waals surface area contributed by atoms with E-state index < -0.39 is 0 Å². The first kappa shape index (κ1) is 17.4. The minimum Gasteiger partial charge on any atom is -0.495 e. The van der Waals surface area contributed by atoms with Gasteiger partial charge in [-0.2, -0.15) is 0 Å². The Labute approximate surface area is 152 Å². The summed E-state index contributed by atoms with van der Waals surface area (Å²) in [4.78, 5) is 21.0. The molecule has 0 aliphatic carbocycles. The number of aryl methyl sites for hydroxylation is 2. The number of amides is 1. The van der Waals surface area contributed by atoms with Crippen LogP contribution in [0.25, 0.3) is 0 Å². The molecule has 0 atom stereocenters. The Morgan fingerprint density at radius 1 is 1.04 bits per heavy atom. The molecule has 0 fully saturated rings. The van der Waals surface area contributed by atoms with Crippen LogP contribution in [0.2, 0.25) is 0 Å². The molecule has 0 bridgehead atoms. The molecule has 6 heteroatoms. The average molecular weight is 348 g/mol. The number of hydrogen-bond donors (Lipinski definition) is 2. The monoisotopic (exact) mass is 348 g/mol. The highest BCUT2D eigenvalue weighted by Gasteiger charge is 2.12. The Balaban J connectivity index is 1.79. The van der Waals surface area contributed by atoms with Crippen LogP contribution in [0, 0.1) is 13.8 Å². The predicted molar refractivity (Wildman–Crippen MR) is 102 cm³/mol. The van der Waals surface area contributed by atoms with Crippen LogP contribution in [-0.2, 0) is 0 Å². The largest absolute Gasteiger partial charge is 0.495 e. The molecule has 0 radical (unpaired) electrons. The normalized spacial score (nSPS) is 10.3. The van der Waals surface area contributed by atoms with E-state index in [1.165, 1.54) is 0 Å². The number of ether oxygens (including phenoxy) is 1. The fraction of sp³-hybridized carbons (Fsp3) is 0.150. The zero-order valence-corrected chi connectivity index (χ0v) is 14.9. The lowest BCUT2D eigenvalue weighted by atomic mass is 10.1. The van der Waals surface area contributed by atoms with Crippen molar-refractivity contribution in [2.45, 2.75) is 13.8 Å². The summed E-state index contributed by atoms with van der Waals surface area (Å²) in [5.74, 6) is 0.617. The Hall–Kier alpha value is -3.41. The van der Waals surface area contributed by atoms with E-state index in [9.17, 15) is 4.79 Å². The molecule has 0 unspecified atom stereocenters. The summed E-state index contributed by atoms with van der Waals surface area (Å²) in [5.41, 5.74) is 4.00. The summed E-state index contributed by atoms with van der Waals surface area (Å²) in [6.45, 7) is 4.05. The number of carbonyl (C=O) groups excluding carboxylic acids is 1. The topological polar surface area (TPSA) is 76.1 Å². The summed E-state index contributed by atoms with van der Waals surface area (Å²) < 4.78 is 5.25. The van der Waals surface area contributed by atoms with Gasteiger partial charge in [0, 0.05) is 11.9 Å². The first-order valence-electron chi connectivity index (χ1n) is 8.18. The van der Waals surface area contributed by atoms with Gasteiger partial charge in [0.1, 0.15) is 11.4 Å². The van der Waals surface area contributed by atoms with Crippen LogP contribution < -0.4 is 15.4 Å². The minimum atomic E-state index is -0.333. The van der Waals surface area contributed by atoms with Crippen molar-refractivity contribution >= 4 is 23.2 Å². The molecule has 3 aromatic rings. The Morgan fingerprint density at radius 2 is 1.77 bits per heavy atom. The van der Waals surface area contributed by atoms with Crippen LogP contribution >= 0.6 is 0 Å². The average Bonchev–Trinajstić information content (AvgIpc) is 2.61. The lowest BCUT2D eigenvalue weighted by Gasteiger charge is -2.10. The number of aromatic nitrogens is 2. The molecule has 2 N–H and O–H groups in total. The van der Waals surface area contributed by atoms with E-state index in [1.807, 2.05) is 38.1 Å². The smallest absolute Gasteiger partial charge is 0.274 e. The van der Waals surface area contributed by atoms with Crippen LogP contribution in [0.4, 0.5) is 17.3 Å². The van der Waals surface area contributed by atoms with Gasteiger partial charge in [0.25, 0.3) is 5.91 Å². The molecule has 0 saturated carbocycles. The molecule has 1 amide bonds. The third-order valence-electron chi connectivity index (χ3n) is 3.72. The third-order valence-corrected chi connectivity index (χ3v) is 3.72. The van der Waals surface area contributed by atoms with E-state index in [0.717, 1.165) is 16.8 Å². The van der Waals surface area contributed by atoms with Crippen molar-refractivity contribution in [1.82, 2.24) is 9.97 Å². The van der Waals surface area contributed by atoms with Crippen molar-refractivity contribution in [2.75, 3.05) is 17.7 Å². The fourth-order valence-electron chi connectivity index (χ4n) is 2.66. The first-order chi connectivity index (χ1) is 12.5. The van der Waals surface area contributed by atoms with Crippen LogP contribution in [0.5, 0.6) is 5.75 Å². The molecular weight excluding hydrogens is 328 g/mol. The van der Waals surface area contributed by atoms with Crippen molar-refractivity contribution in [2.24, 2.45) is 0 Å². The first-order valence-corrected chi connectivity index (χ1v) is 8.18. The van der Waals surface area contributed by atoms with Crippen LogP contribution in [0.1, 0.15) is 21.6 Å². The fourth-order valence-corrected chi connectivity index (χ4v) is 2.66. The second-order valence-electron chi connectivity index (χ2n) is 5.92. The molecule has 2 aromatic carbocycles. The molecule has 0 aliphatic rings. The second kappa shape index (κ2) is 7.65. The van der Waals surface area contributed by atoms with Gasteiger partial charge in [0.15, 0.2) is 0 Å². The maximum atomic E-state index is 12.5. The number of para-hydroxylation sites is 2. The highest BCUT2D eigenvalue weighted by Crippen LogP contribution is 2.23. The zero-order chi connectivity index (χ0) is 18.5. The number of nitrogens with zero attached hydrogens (tertiary/aromatic N) is 2. The molecule has 0 spiro atoms. The van der Waals surface area contributed by atoms with Crippen molar-refractivity contribution in [1.29, 1.82) is 0 Å². The number of methoxy groups -OCH3 is 1. The molecule has 0 aliphatic heterocycles. The maximum Gasteiger partial charge on any atom is 0.274 e. The summed E-state index contributed by atoms with van der Waals surface area (Å²) in [6, 6.07) is 14.9. The molecule has 132 valence electrons. The predicted octanol–water partition coefficient (Wildman–Crippen LogP) is 4.10. The lowest BCUT2D eigenvalue weighted by Crippen LogP contribution is -2.15. The molecular formula is C20H20N4O2. The minimum absolute atomic E-state index is 0.262. The van der Waals surface area contributed by atoms with Crippen molar-refractivity contribution < 1.29 is 9.53 Å². The highest BCUT2D eigenvalue weighted by molar-refractivity contribution is 6.03. The summed E-state index contributed by atoms with van der Waals surface area (Å²) >= 11 is 0. The van der Waals surface area contributed by atoms with E-state index >= 15 is 0 Å². The summed E-state index contributed by atoms with van der Waals surface area (Å²) in [5, 5.41) is 5.95. The number of hydrogen-bond acceptors (Lipinski definition) is 5. The lowest BCUT2D eigenvalue weighted by molar-refractivity contribution is 0.102. The van der Waals surface area contributed by atoms with E-state index in [2.05, 4.69) is 26.7 Å². The molecule has 26 heavy (non-hydrogen) atoms. The molecule has 0 saturated heterocycles. The van der Waals surface area contributed by atoms with Crippen LogP contribution in [0.15, 0.2) is 54.7 Å². The Morgan fingerprint density at radius 3 is 2.50 bits per heavy atom. The van der Waals surface area contributed by atoms with Gasteiger partial charge in [-0.3, -0.25) is 4.79 Å². The standard InChI is InChI=1S/C20H20N4O2/c1-13-10-14(2)12-15(11-13)22-20-21-9-8-17(24-20)19(25)23-16-6-4-5-7-18(16)26-3/h4-12H,1-3H3,(H,23,25)(H,21,22,24). The quantitative estimate of drug-likeness (QED) is 0.726. The maximum absolute atomic E-state index is 12.5. The summed E-state index contributed by atoms with van der Waals surface area (Å²) in [6.07, 6.45) is 1.55. The van der Waals surface area contributed by atoms with E-state index in [4.69, 9.17) is 4.74 Å². The third kappa shape index (κ3) is 4.16. The van der Waals surface area contributed by atoms with Crippen molar-refractivity contribution in [3.8, 4) is 5.75 Å². The SMILES string of the molecule is COc1ccccc1NC(=O)c1ccnc(Nc2cc(C)cc(C)c2)n1. The molecule has 1 heterocycles. The highest BCUT2D eigenvalue weighted by atomic mass is 16.5. The van der Waals surface area contributed by atoms with Crippen LogP contribution in [0.3, 0.4) is 0 Å². The van der Waals surface area contributed by atoms with Gasteiger partial charge in [0.05, 0.1) is 12.8 Å². The Kier molecular flexibility index (Phi) is 5.12.